The second-order valence-electron chi connectivity index (χ2n) is 19.5. The number of sulfone groups is 3. The Hall–Kier alpha value is -10.6. The maximum atomic E-state index is 12.3. The minimum absolute atomic E-state index is 0.00206. The lowest BCUT2D eigenvalue weighted by atomic mass is 10.1. The van der Waals surface area contributed by atoms with Gasteiger partial charge in [-0.25, -0.2) is 85.4 Å². The molecule has 0 aliphatic carbocycles. The molecule has 0 aliphatic rings. The van der Waals surface area contributed by atoms with Crippen LogP contribution in [0.3, 0.4) is 0 Å². The van der Waals surface area contributed by atoms with Crippen molar-refractivity contribution < 1.29 is 72.6 Å². The summed E-state index contributed by atoms with van der Waals surface area (Å²) in [5.74, 6) is -0.745. The van der Waals surface area contributed by atoms with Crippen molar-refractivity contribution in [2.24, 2.45) is 5.84 Å². The average Bonchev–Trinajstić information content (AvgIpc) is 1.06. The summed E-state index contributed by atoms with van der Waals surface area (Å²) < 4.78 is 92.6. The number of halogens is 1. The van der Waals surface area contributed by atoms with Crippen LogP contribution in [-0.2, 0) is 53.3 Å². The summed E-state index contributed by atoms with van der Waals surface area (Å²) in [5.41, 5.74) is 30.8. The molecule has 8 rings (SSSR count). The molecule has 94 heavy (non-hydrogen) atoms. The number of hydrogen-bond donors (Lipinski definition) is 8. The van der Waals surface area contributed by atoms with Crippen LogP contribution in [0.25, 0.3) is 45.4 Å². The topological polar surface area (TPSA) is 541 Å². The van der Waals surface area contributed by atoms with Crippen molar-refractivity contribution in [2.45, 2.75) is 85.8 Å². The molecule has 0 saturated carbocycles. The van der Waals surface area contributed by atoms with Gasteiger partial charge in [-0.15, -0.1) is 10.2 Å². The number of rotatable bonds is 16. The van der Waals surface area contributed by atoms with Crippen molar-refractivity contribution in [1.29, 1.82) is 0 Å². The number of amides is 3. The number of carbonyl (C=O) groups is 6. The van der Waals surface area contributed by atoms with E-state index in [1.165, 1.54) is 87.4 Å². The molecule has 0 bridgehead atoms. The van der Waals surface area contributed by atoms with Gasteiger partial charge in [0.05, 0.1) is 92.6 Å². The van der Waals surface area contributed by atoms with E-state index in [4.69, 9.17) is 37.9 Å². The Morgan fingerprint density at radius 2 is 0.904 bits per heavy atom. The first-order valence-corrected chi connectivity index (χ1v) is 32.7. The maximum Gasteiger partial charge on any atom is 0.398 e. The van der Waals surface area contributed by atoms with E-state index in [0.717, 1.165) is 0 Å². The molecule has 498 valence electrons. The molecule has 0 atom stereocenters. The third-order valence-corrected chi connectivity index (χ3v) is 19.1. The Bertz CT molecular complexity index is 4430. The fraction of sp³-hybridized carbons (Fsp3) is 0.250. The van der Waals surface area contributed by atoms with E-state index in [0.29, 0.717) is 32.7 Å². The predicted molar refractivity (Wildman–Crippen MR) is 341 cm³/mol. The number of aromatic nitrogens is 10. The predicted octanol–water partition coefficient (Wildman–Crippen LogP) is 3.49. The van der Waals surface area contributed by atoms with Crippen LogP contribution in [0.2, 0.25) is 0 Å². The normalized spacial score (nSPS) is 11.1. The molecule has 3 aromatic carbocycles. The first-order chi connectivity index (χ1) is 44.2. The van der Waals surface area contributed by atoms with Gasteiger partial charge in [0.1, 0.15) is 4.60 Å². The second kappa shape index (κ2) is 32.6. The highest BCUT2D eigenvalue weighted by Gasteiger charge is 2.25. The largest absolute Gasteiger partial charge is 0.464 e. The Morgan fingerprint density at radius 1 is 0.511 bits per heavy atom. The number of esters is 3. The van der Waals surface area contributed by atoms with E-state index < -0.39 is 80.9 Å². The molecule has 5 aromatic heterocycles. The quantitative estimate of drug-likeness (QED) is 0.0171. The summed E-state index contributed by atoms with van der Waals surface area (Å²) in [6, 6.07) is 18.4. The van der Waals surface area contributed by atoms with Crippen LogP contribution in [0.15, 0.2) is 121 Å². The van der Waals surface area contributed by atoms with Gasteiger partial charge in [0, 0.05) is 16.7 Å². The van der Waals surface area contributed by atoms with Gasteiger partial charge in [0.25, 0.3) is 17.7 Å². The molecular weight excluding hydrogens is 1360 g/mol. The molecule has 0 aliphatic heterocycles. The lowest BCUT2D eigenvalue weighted by Gasteiger charge is -2.10. The van der Waals surface area contributed by atoms with Crippen LogP contribution in [0.4, 0.5) is 23.3 Å². The van der Waals surface area contributed by atoms with Crippen molar-refractivity contribution in [3.8, 4) is 45.4 Å². The van der Waals surface area contributed by atoms with Crippen LogP contribution >= 0.6 is 15.9 Å². The number of carbonyl (C=O) groups excluding carboxylic acids is 6. The number of hydrazine groups is 2. The zero-order valence-corrected chi connectivity index (χ0v) is 55.4. The third-order valence-electron chi connectivity index (χ3n) is 12.2. The summed E-state index contributed by atoms with van der Waals surface area (Å²) in [6.45, 7) is 13.0. The second-order valence-corrected chi connectivity index (χ2v) is 27.8. The van der Waals surface area contributed by atoms with Crippen LogP contribution in [-0.4, -0.2) is 147 Å². The minimum atomic E-state index is -3.43. The van der Waals surface area contributed by atoms with Crippen LogP contribution in [0, 0.1) is 0 Å². The van der Waals surface area contributed by atoms with Crippen molar-refractivity contribution in [2.75, 3.05) is 43.3 Å². The van der Waals surface area contributed by atoms with E-state index in [1.807, 2.05) is 16.3 Å². The van der Waals surface area contributed by atoms with Gasteiger partial charge in [-0.2, -0.15) is 0 Å². The molecule has 0 fully saturated rings. The van der Waals surface area contributed by atoms with Gasteiger partial charge in [-0.1, -0.05) is 36.4 Å². The van der Waals surface area contributed by atoms with Gasteiger partial charge in [0.15, 0.2) is 75.6 Å². The SMILES string of the molecule is CC(C)S(=O)(=O)c1ccc(-c2cnc(N)c(C(=O)NN)n2)cc1.CCOC(=O)C(=O)NNC(=O)c1nc(-c2ccc(S(=O)(=O)C(C)C)cc2)cnc1N.CCOC(=O)c1nnc(-c2nc(-c3ccc(S(=O)(=O)C(C)C)cc3)cnc2N)o1.COC(=O)c1nc(Br)cnc1N. The van der Waals surface area contributed by atoms with Crippen LogP contribution in [0.1, 0.15) is 97.5 Å². The highest BCUT2D eigenvalue weighted by atomic mass is 79.9. The number of ether oxygens (including phenoxy) is 3. The van der Waals surface area contributed by atoms with Crippen molar-refractivity contribution in [3.63, 3.8) is 0 Å². The Labute approximate surface area is 545 Å². The number of methoxy groups -OCH3 is 1. The fourth-order valence-electron chi connectivity index (χ4n) is 7.07. The van der Waals surface area contributed by atoms with Gasteiger partial charge in [0.2, 0.25) is 0 Å². The number of nitrogens with one attached hydrogen (secondary N) is 3. The molecule has 38 heteroatoms. The summed E-state index contributed by atoms with van der Waals surface area (Å²) >= 11 is 3.06. The average molecular weight is 1420 g/mol. The van der Waals surface area contributed by atoms with Gasteiger partial charge < -0.3 is 41.6 Å². The lowest BCUT2D eigenvalue weighted by Crippen LogP contribution is -2.45. The van der Waals surface area contributed by atoms with Gasteiger partial charge in [-0.05, 0) is 108 Å². The lowest BCUT2D eigenvalue weighted by molar-refractivity contribution is -0.154. The third kappa shape index (κ3) is 18.8. The Morgan fingerprint density at radius 3 is 1.31 bits per heavy atom. The summed E-state index contributed by atoms with van der Waals surface area (Å²) in [7, 11) is -8.90. The number of hydrogen-bond acceptors (Lipinski definition) is 31. The number of anilines is 4. The van der Waals surface area contributed by atoms with E-state index >= 15 is 0 Å². The van der Waals surface area contributed by atoms with E-state index in [2.05, 4.69) is 75.5 Å². The van der Waals surface area contributed by atoms with Gasteiger partial charge >= 0.3 is 29.7 Å². The van der Waals surface area contributed by atoms with Crippen molar-refractivity contribution in [3.05, 3.63) is 125 Å². The molecule has 0 radical (unpaired) electrons. The number of benzene rings is 3. The molecular formula is C56H63BrN18O16S3. The van der Waals surface area contributed by atoms with Gasteiger partial charge in [-0.3, -0.25) is 30.7 Å². The first kappa shape index (κ1) is 74.2. The highest BCUT2D eigenvalue weighted by molar-refractivity contribution is 9.10. The van der Waals surface area contributed by atoms with Crippen molar-refractivity contribution in [1.82, 2.24) is 66.3 Å². The maximum absolute atomic E-state index is 12.3. The van der Waals surface area contributed by atoms with E-state index in [-0.39, 0.29) is 91.4 Å². The molecule has 34 nitrogen and oxygen atoms in total. The van der Waals surface area contributed by atoms with E-state index in [1.54, 1.807) is 72.7 Å². The molecule has 13 N–H and O–H groups in total. The zero-order chi connectivity index (χ0) is 70.0. The summed E-state index contributed by atoms with van der Waals surface area (Å²) in [6.07, 6.45) is 5.55. The minimum Gasteiger partial charge on any atom is -0.464 e. The number of nitrogen functional groups attached to an aromatic ring is 5. The fourth-order valence-corrected chi connectivity index (χ4v) is 10.5. The summed E-state index contributed by atoms with van der Waals surface area (Å²) in [4.78, 5) is 102. The molecule has 0 unspecified atom stereocenters. The Kier molecular flexibility index (Phi) is 25.7. The first-order valence-electron chi connectivity index (χ1n) is 27.3. The smallest absolute Gasteiger partial charge is 0.398 e. The monoisotopic (exact) mass is 1420 g/mol. The summed E-state index contributed by atoms with van der Waals surface area (Å²) in [5, 5.41) is 5.80. The standard InChI is InChI=1S/C18H21N5O6S.C18H19N5O5S.C14H17N5O3S.C6H6BrN3O2/c1-4-29-18(26)17(25)23-22-16(24)14-15(19)20-9-13(21-14)11-5-7-12(8-6-11)30(27,28)10(2)3;1-4-27-18(24)17-23-22-16(28-17)14-15(19)20-9-13(21-14)11-5-7-12(8-6-11)29(25,26)10(2)3;1-8(2)23(21,22)10-5-3-9(4-6-10)11-7-17-13(15)12(18-11)14(20)19-16;1-12-6(11)4-5(8)9-2-3(7)10-4/h5-10H,4H2,1-3H3,(H2,19,20)(H,22,24)(H,23,25);5-10H,4H2,1-3H3,(H2,19,20);3-8H,16H2,1-2H3,(H2,15,17)(H,19,20);2H,1H3,(H2,8,9). The van der Waals surface area contributed by atoms with Crippen molar-refractivity contribution >= 4 is 104 Å². The zero-order valence-electron chi connectivity index (χ0n) is 51.4. The highest BCUT2D eigenvalue weighted by Crippen LogP contribution is 2.28. The molecule has 0 spiro atoms. The number of nitrogens with zero attached hydrogens (tertiary/aromatic N) is 10. The molecule has 8 aromatic rings. The number of nitrogens with two attached hydrogens (primary N) is 5. The van der Waals surface area contributed by atoms with E-state index in [9.17, 15) is 54.0 Å². The molecule has 3 amide bonds. The Balaban J connectivity index is 0.000000236. The molecule has 0 saturated heterocycles. The van der Waals surface area contributed by atoms with Crippen LogP contribution < -0.4 is 45.1 Å². The molecule has 5 heterocycles. The van der Waals surface area contributed by atoms with Crippen LogP contribution in [0.5, 0.6) is 0 Å².